The molecular formula is C15H23N3O. The highest BCUT2D eigenvalue weighted by atomic mass is 16.1. The summed E-state index contributed by atoms with van der Waals surface area (Å²) in [7, 11) is 1.96. The molecule has 0 aromatic carbocycles. The molecule has 4 heteroatoms. The Kier molecular flexibility index (Phi) is 4.20. The van der Waals surface area contributed by atoms with Gasteiger partial charge in [0.25, 0.3) is 0 Å². The second-order valence-electron chi connectivity index (χ2n) is 5.58. The fourth-order valence-electron chi connectivity index (χ4n) is 3.08. The molecule has 1 saturated carbocycles. The smallest absolute Gasteiger partial charge is 0.168 e. The third-order valence-electron chi connectivity index (χ3n) is 4.31. The molecule has 0 aliphatic heterocycles. The standard InChI is InChI=1S/C15H23N3O/c1-11-6-9-18-14(16)13(11)12(19)10-15(17-2)7-4-3-5-8-15/h6,9,17H,3-5,7-8,10H2,1-2H3,(H2,16,18). The van der Waals surface area contributed by atoms with Gasteiger partial charge in [-0.05, 0) is 38.4 Å². The van der Waals surface area contributed by atoms with Gasteiger partial charge in [-0.25, -0.2) is 4.98 Å². The lowest BCUT2D eigenvalue weighted by molar-refractivity contribution is 0.0915. The summed E-state index contributed by atoms with van der Waals surface area (Å²) in [5.41, 5.74) is 7.32. The van der Waals surface area contributed by atoms with Crippen LogP contribution >= 0.6 is 0 Å². The van der Waals surface area contributed by atoms with Gasteiger partial charge in [-0.3, -0.25) is 4.79 Å². The number of anilines is 1. The molecule has 0 spiro atoms. The Bertz CT molecular complexity index is 444. The summed E-state index contributed by atoms with van der Waals surface area (Å²) in [6.45, 7) is 1.91. The van der Waals surface area contributed by atoms with Gasteiger partial charge in [0.15, 0.2) is 5.78 Å². The van der Waals surface area contributed by atoms with Gasteiger partial charge in [-0.2, -0.15) is 0 Å². The highest BCUT2D eigenvalue weighted by Gasteiger charge is 2.33. The van der Waals surface area contributed by atoms with E-state index < -0.39 is 0 Å². The lowest BCUT2D eigenvalue weighted by Crippen LogP contribution is -2.46. The number of nitrogen functional groups attached to an aromatic ring is 1. The Morgan fingerprint density at radius 2 is 2.11 bits per heavy atom. The number of hydrogen-bond acceptors (Lipinski definition) is 4. The number of aryl methyl sites for hydroxylation is 1. The maximum absolute atomic E-state index is 12.6. The van der Waals surface area contributed by atoms with Crippen molar-refractivity contribution in [2.75, 3.05) is 12.8 Å². The van der Waals surface area contributed by atoms with Crippen molar-refractivity contribution in [3.05, 3.63) is 23.4 Å². The summed E-state index contributed by atoms with van der Waals surface area (Å²) in [5, 5.41) is 3.37. The Labute approximate surface area is 114 Å². The average molecular weight is 261 g/mol. The van der Waals surface area contributed by atoms with E-state index in [2.05, 4.69) is 10.3 Å². The van der Waals surface area contributed by atoms with Gasteiger partial charge in [-0.1, -0.05) is 19.3 Å². The third-order valence-corrected chi connectivity index (χ3v) is 4.31. The second kappa shape index (κ2) is 5.70. The normalized spacial score (nSPS) is 18.2. The number of hydrogen-bond donors (Lipinski definition) is 2. The molecule has 0 unspecified atom stereocenters. The molecule has 1 heterocycles. The summed E-state index contributed by atoms with van der Waals surface area (Å²) in [5.74, 6) is 0.464. The first kappa shape index (κ1) is 14.0. The van der Waals surface area contributed by atoms with E-state index in [4.69, 9.17) is 5.73 Å². The Hall–Kier alpha value is -1.42. The lowest BCUT2D eigenvalue weighted by atomic mass is 9.77. The van der Waals surface area contributed by atoms with E-state index in [0.717, 1.165) is 18.4 Å². The molecule has 104 valence electrons. The van der Waals surface area contributed by atoms with Gasteiger partial charge in [0.1, 0.15) is 5.82 Å². The van der Waals surface area contributed by atoms with E-state index in [-0.39, 0.29) is 11.3 Å². The van der Waals surface area contributed by atoms with E-state index >= 15 is 0 Å². The molecule has 0 amide bonds. The molecule has 4 nitrogen and oxygen atoms in total. The summed E-state index contributed by atoms with van der Waals surface area (Å²) in [6, 6.07) is 1.84. The van der Waals surface area contributed by atoms with Crippen molar-refractivity contribution in [1.29, 1.82) is 0 Å². The van der Waals surface area contributed by atoms with Crippen LogP contribution in [0.25, 0.3) is 0 Å². The van der Waals surface area contributed by atoms with Crippen LogP contribution in [-0.2, 0) is 0 Å². The molecule has 0 saturated heterocycles. The molecule has 1 aliphatic carbocycles. The van der Waals surface area contributed by atoms with Crippen molar-refractivity contribution in [2.24, 2.45) is 0 Å². The fourth-order valence-corrected chi connectivity index (χ4v) is 3.08. The molecule has 0 radical (unpaired) electrons. The summed E-state index contributed by atoms with van der Waals surface area (Å²) < 4.78 is 0. The highest BCUT2D eigenvalue weighted by Crippen LogP contribution is 2.32. The molecule has 1 aromatic rings. The number of pyridine rings is 1. The third kappa shape index (κ3) is 2.95. The van der Waals surface area contributed by atoms with Crippen molar-refractivity contribution in [3.8, 4) is 0 Å². The number of nitrogens with one attached hydrogen (secondary N) is 1. The van der Waals surface area contributed by atoms with Crippen molar-refractivity contribution < 1.29 is 4.79 Å². The molecule has 19 heavy (non-hydrogen) atoms. The molecule has 2 rings (SSSR count). The maximum Gasteiger partial charge on any atom is 0.168 e. The van der Waals surface area contributed by atoms with E-state index in [1.54, 1.807) is 6.20 Å². The van der Waals surface area contributed by atoms with E-state index in [1.807, 2.05) is 20.0 Å². The molecule has 1 fully saturated rings. The van der Waals surface area contributed by atoms with Crippen molar-refractivity contribution in [2.45, 2.75) is 51.0 Å². The van der Waals surface area contributed by atoms with Crippen LogP contribution in [0.1, 0.15) is 54.4 Å². The highest BCUT2D eigenvalue weighted by molar-refractivity contribution is 6.01. The monoisotopic (exact) mass is 261 g/mol. The fraction of sp³-hybridized carbons (Fsp3) is 0.600. The molecule has 1 aromatic heterocycles. The maximum atomic E-state index is 12.6. The quantitative estimate of drug-likeness (QED) is 0.817. The van der Waals surface area contributed by atoms with Gasteiger partial charge >= 0.3 is 0 Å². The van der Waals surface area contributed by atoms with Crippen molar-refractivity contribution in [3.63, 3.8) is 0 Å². The number of ketones is 1. The first-order chi connectivity index (χ1) is 9.08. The minimum atomic E-state index is -0.0515. The van der Waals surface area contributed by atoms with Crippen molar-refractivity contribution in [1.82, 2.24) is 10.3 Å². The van der Waals surface area contributed by atoms with E-state index in [0.29, 0.717) is 17.8 Å². The molecule has 0 atom stereocenters. The number of nitrogens with two attached hydrogens (primary N) is 1. The van der Waals surface area contributed by atoms with Crippen LogP contribution in [0.5, 0.6) is 0 Å². The number of carbonyl (C=O) groups excluding carboxylic acids is 1. The summed E-state index contributed by atoms with van der Waals surface area (Å²) in [4.78, 5) is 16.6. The first-order valence-corrected chi connectivity index (χ1v) is 7.01. The zero-order chi connectivity index (χ0) is 13.9. The predicted octanol–water partition coefficient (Wildman–Crippen LogP) is 2.47. The SMILES string of the molecule is CNC1(CC(=O)c2c(C)ccnc2N)CCCCC1. The Morgan fingerprint density at radius 1 is 1.42 bits per heavy atom. The van der Waals surface area contributed by atoms with Gasteiger partial charge in [0, 0.05) is 18.2 Å². The average Bonchev–Trinajstić information content (AvgIpc) is 2.39. The minimum Gasteiger partial charge on any atom is -0.383 e. The van der Waals surface area contributed by atoms with Crippen LogP contribution < -0.4 is 11.1 Å². The molecule has 1 aliphatic rings. The first-order valence-electron chi connectivity index (χ1n) is 7.01. The van der Waals surface area contributed by atoms with Crippen LogP contribution in [-0.4, -0.2) is 23.4 Å². The summed E-state index contributed by atoms with van der Waals surface area (Å²) in [6.07, 6.45) is 7.94. The predicted molar refractivity (Wildman–Crippen MR) is 77.2 cm³/mol. The number of nitrogens with zero attached hydrogens (tertiary/aromatic N) is 1. The van der Waals surface area contributed by atoms with Gasteiger partial charge in [0.2, 0.25) is 0 Å². The van der Waals surface area contributed by atoms with Crippen LogP contribution in [0.2, 0.25) is 0 Å². The van der Waals surface area contributed by atoms with Crippen molar-refractivity contribution >= 4 is 11.6 Å². The largest absolute Gasteiger partial charge is 0.383 e. The van der Waals surface area contributed by atoms with Gasteiger partial charge < -0.3 is 11.1 Å². The topological polar surface area (TPSA) is 68.0 Å². The number of carbonyl (C=O) groups is 1. The Morgan fingerprint density at radius 3 is 2.68 bits per heavy atom. The van der Waals surface area contributed by atoms with Crippen LogP contribution in [0.3, 0.4) is 0 Å². The van der Waals surface area contributed by atoms with Crippen LogP contribution in [0, 0.1) is 6.92 Å². The van der Waals surface area contributed by atoms with Gasteiger partial charge in [0.05, 0.1) is 5.56 Å². The van der Waals surface area contributed by atoms with E-state index in [9.17, 15) is 4.79 Å². The number of rotatable bonds is 4. The summed E-state index contributed by atoms with van der Waals surface area (Å²) >= 11 is 0. The number of aromatic nitrogens is 1. The minimum absolute atomic E-state index is 0.0515. The number of Topliss-reactive ketones (excluding diaryl/α,β-unsaturated/α-hetero) is 1. The van der Waals surface area contributed by atoms with E-state index in [1.165, 1.54) is 19.3 Å². The Balaban J connectivity index is 2.20. The second-order valence-corrected chi connectivity index (χ2v) is 5.58. The molecular weight excluding hydrogens is 238 g/mol. The molecule has 0 bridgehead atoms. The lowest BCUT2D eigenvalue weighted by Gasteiger charge is -2.36. The zero-order valence-electron chi connectivity index (χ0n) is 11.8. The van der Waals surface area contributed by atoms with Gasteiger partial charge in [-0.15, -0.1) is 0 Å². The molecule has 3 N–H and O–H groups in total. The zero-order valence-corrected chi connectivity index (χ0v) is 11.8. The van der Waals surface area contributed by atoms with Crippen LogP contribution in [0.15, 0.2) is 12.3 Å². The van der Waals surface area contributed by atoms with Crippen LogP contribution in [0.4, 0.5) is 5.82 Å².